The molecule has 0 spiro atoms. The molecule has 1 aliphatic rings. The van der Waals surface area contributed by atoms with Crippen molar-refractivity contribution in [2.45, 2.75) is 19.8 Å². The van der Waals surface area contributed by atoms with E-state index in [1.807, 2.05) is 71.4 Å². The zero-order valence-corrected chi connectivity index (χ0v) is 19.6. The number of hydrogen-bond acceptors (Lipinski definition) is 8. The van der Waals surface area contributed by atoms with Crippen LogP contribution in [-0.2, 0) is 4.79 Å². The van der Waals surface area contributed by atoms with Gasteiger partial charge in [-0.2, -0.15) is 15.2 Å². The number of thiazole rings is 2. The van der Waals surface area contributed by atoms with Crippen LogP contribution in [0.2, 0.25) is 0 Å². The van der Waals surface area contributed by atoms with Crippen molar-refractivity contribution < 1.29 is 4.79 Å². The summed E-state index contributed by atoms with van der Waals surface area (Å²) in [4.78, 5) is 22.5. The second-order valence-electron chi connectivity index (χ2n) is 7.62. The van der Waals surface area contributed by atoms with E-state index in [0.29, 0.717) is 21.9 Å². The second-order valence-corrected chi connectivity index (χ2v) is 9.31. The zero-order valence-electron chi connectivity index (χ0n) is 18.0. The minimum Gasteiger partial charge on any atom is -0.265 e. The topological polar surface area (TPSA) is 82.8 Å². The lowest BCUT2D eigenvalue weighted by molar-refractivity contribution is -0.112. The van der Waals surface area contributed by atoms with Gasteiger partial charge in [0.15, 0.2) is 5.71 Å². The molecule has 0 aliphatic carbocycles. The van der Waals surface area contributed by atoms with E-state index in [-0.39, 0.29) is 11.6 Å². The SMILES string of the molecule is CC(C)c1csc(N/N=C2\C(=O)N(c3nc(-c4ccccc4)cs3)N=C2c2ccccc2)n1. The van der Waals surface area contributed by atoms with Gasteiger partial charge in [0.05, 0.1) is 11.4 Å². The van der Waals surface area contributed by atoms with Crippen molar-refractivity contribution in [3.63, 3.8) is 0 Å². The minimum absolute atomic E-state index is 0.221. The second kappa shape index (κ2) is 9.05. The molecule has 0 unspecified atom stereocenters. The molecule has 0 radical (unpaired) electrons. The van der Waals surface area contributed by atoms with Gasteiger partial charge >= 0.3 is 5.91 Å². The molecule has 5 rings (SSSR count). The average Bonchev–Trinajstić information content (AvgIpc) is 3.58. The van der Waals surface area contributed by atoms with E-state index in [1.165, 1.54) is 27.7 Å². The summed E-state index contributed by atoms with van der Waals surface area (Å²) < 4.78 is 0. The van der Waals surface area contributed by atoms with Gasteiger partial charge < -0.3 is 0 Å². The lowest BCUT2D eigenvalue weighted by Crippen LogP contribution is -2.28. The van der Waals surface area contributed by atoms with Gasteiger partial charge in [0.25, 0.3) is 0 Å². The van der Waals surface area contributed by atoms with Gasteiger partial charge in [0, 0.05) is 21.9 Å². The van der Waals surface area contributed by atoms with Crippen LogP contribution in [0, 0.1) is 0 Å². The molecule has 33 heavy (non-hydrogen) atoms. The molecule has 164 valence electrons. The van der Waals surface area contributed by atoms with Gasteiger partial charge in [-0.05, 0) is 5.92 Å². The third-order valence-electron chi connectivity index (χ3n) is 4.99. The van der Waals surface area contributed by atoms with Gasteiger partial charge in [-0.3, -0.25) is 10.2 Å². The normalized spacial score (nSPS) is 14.9. The summed E-state index contributed by atoms with van der Waals surface area (Å²) in [6.07, 6.45) is 0. The number of amides is 1. The fourth-order valence-electron chi connectivity index (χ4n) is 3.22. The van der Waals surface area contributed by atoms with E-state index >= 15 is 0 Å². The third-order valence-corrected chi connectivity index (χ3v) is 6.57. The quantitative estimate of drug-likeness (QED) is 0.370. The zero-order chi connectivity index (χ0) is 22.8. The van der Waals surface area contributed by atoms with Crippen molar-refractivity contribution in [1.29, 1.82) is 0 Å². The molecule has 0 saturated carbocycles. The molecule has 0 saturated heterocycles. The summed E-state index contributed by atoms with van der Waals surface area (Å²) in [7, 11) is 0. The summed E-state index contributed by atoms with van der Waals surface area (Å²) in [5.74, 6) is -0.0193. The maximum absolute atomic E-state index is 13.4. The molecule has 2 aromatic heterocycles. The number of carbonyl (C=O) groups excluding carboxylic acids is 1. The van der Waals surface area contributed by atoms with Gasteiger partial charge in [0.2, 0.25) is 10.3 Å². The molecule has 9 heteroatoms. The predicted molar refractivity (Wildman–Crippen MR) is 135 cm³/mol. The summed E-state index contributed by atoms with van der Waals surface area (Å²) in [6, 6.07) is 19.4. The highest BCUT2D eigenvalue weighted by molar-refractivity contribution is 7.14. The smallest absolute Gasteiger partial charge is 0.265 e. The van der Waals surface area contributed by atoms with E-state index in [4.69, 9.17) is 0 Å². The average molecular weight is 473 g/mol. The number of anilines is 2. The standard InChI is InChI=1S/C24H20N6OS2/c1-15(2)18-13-32-23(25-18)28-27-21-20(17-11-7-4-8-12-17)29-30(22(21)31)24-26-19(14-33-24)16-9-5-3-6-10-16/h3-15H,1-2H3,(H,25,28)/b27-21-. The lowest BCUT2D eigenvalue weighted by atomic mass is 10.1. The van der Waals surface area contributed by atoms with E-state index in [2.05, 4.69) is 39.4 Å². The van der Waals surface area contributed by atoms with Crippen LogP contribution in [0.5, 0.6) is 0 Å². The molecule has 0 fully saturated rings. The van der Waals surface area contributed by atoms with Crippen LogP contribution in [0.3, 0.4) is 0 Å². The summed E-state index contributed by atoms with van der Waals surface area (Å²) in [5, 5.41) is 15.4. The number of rotatable bonds is 6. The summed E-state index contributed by atoms with van der Waals surface area (Å²) in [6.45, 7) is 4.17. The molecule has 1 amide bonds. The van der Waals surface area contributed by atoms with Crippen molar-refractivity contribution in [1.82, 2.24) is 9.97 Å². The Labute approximate surface area is 199 Å². The van der Waals surface area contributed by atoms with Gasteiger partial charge in [0.1, 0.15) is 5.71 Å². The molecule has 1 aliphatic heterocycles. The van der Waals surface area contributed by atoms with Gasteiger partial charge in [-0.15, -0.1) is 22.7 Å². The van der Waals surface area contributed by atoms with Crippen molar-refractivity contribution in [3.8, 4) is 11.3 Å². The Morgan fingerprint density at radius 3 is 2.27 bits per heavy atom. The van der Waals surface area contributed by atoms with E-state index < -0.39 is 0 Å². The number of carbonyl (C=O) groups is 1. The fraction of sp³-hybridized carbons (Fsp3) is 0.125. The Morgan fingerprint density at radius 1 is 0.909 bits per heavy atom. The van der Waals surface area contributed by atoms with Crippen LogP contribution in [-0.4, -0.2) is 27.3 Å². The van der Waals surface area contributed by atoms with Crippen LogP contribution in [0.15, 0.2) is 81.6 Å². The van der Waals surface area contributed by atoms with Crippen LogP contribution in [0.1, 0.15) is 31.0 Å². The van der Waals surface area contributed by atoms with Crippen LogP contribution in [0.25, 0.3) is 11.3 Å². The minimum atomic E-state index is -0.337. The molecule has 0 bridgehead atoms. The molecule has 3 heterocycles. The lowest BCUT2D eigenvalue weighted by Gasteiger charge is -2.06. The molecular weight excluding hydrogens is 452 g/mol. The van der Waals surface area contributed by atoms with Crippen LogP contribution >= 0.6 is 22.7 Å². The Hall–Kier alpha value is -3.69. The van der Waals surface area contributed by atoms with E-state index in [0.717, 1.165) is 22.5 Å². The Morgan fingerprint density at radius 2 is 1.61 bits per heavy atom. The molecule has 2 aromatic carbocycles. The first-order valence-electron chi connectivity index (χ1n) is 10.4. The number of nitrogens with one attached hydrogen (secondary N) is 1. The first-order chi connectivity index (χ1) is 16.1. The van der Waals surface area contributed by atoms with Gasteiger partial charge in [-0.25, -0.2) is 9.97 Å². The van der Waals surface area contributed by atoms with Crippen LogP contribution in [0.4, 0.5) is 10.3 Å². The fourth-order valence-corrected chi connectivity index (χ4v) is 4.82. The number of aromatic nitrogens is 2. The highest BCUT2D eigenvalue weighted by Gasteiger charge is 2.35. The summed E-state index contributed by atoms with van der Waals surface area (Å²) >= 11 is 2.82. The van der Waals surface area contributed by atoms with E-state index in [9.17, 15) is 4.79 Å². The first-order valence-corrected chi connectivity index (χ1v) is 12.1. The molecule has 0 atom stereocenters. The molecular formula is C24H20N6OS2. The van der Waals surface area contributed by atoms with Crippen molar-refractivity contribution in [2.75, 3.05) is 10.4 Å². The van der Waals surface area contributed by atoms with Crippen LogP contribution < -0.4 is 10.4 Å². The highest BCUT2D eigenvalue weighted by atomic mass is 32.1. The van der Waals surface area contributed by atoms with Crippen molar-refractivity contribution in [3.05, 3.63) is 82.7 Å². The highest BCUT2D eigenvalue weighted by Crippen LogP contribution is 2.30. The van der Waals surface area contributed by atoms with Crippen molar-refractivity contribution in [2.24, 2.45) is 10.2 Å². The molecule has 1 N–H and O–H groups in total. The maximum atomic E-state index is 13.4. The predicted octanol–water partition coefficient (Wildman–Crippen LogP) is 5.61. The number of nitrogens with zero attached hydrogens (tertiary/aromatic N) is 5. The van der Waals surface area contributed by atoms with E-state index in [1.54, 1.807) is 0 Å². The number of benzene rings is 2. The third kappa shape index (κ3) is 4.33. The monoisotopic (exact) mass is 472 g/mol. The number of hydrazone groups is 2. The number of hydrogen-bond donors (Lipinski definition) is 1. The first kappa shape index (κ1) is 21.2. The van der Waals surface area contributed by atoms with Gasteiger partial charge in [-0.1, -0.05) is 74.5 Å². The Kier molecular flexibility index (Phi) is 5.80. The van der Waals surface area contributed by atoms with Crippen molar-refractivity contribution >= 4 is 50.3 Å². The Balaban J connectivity index is 1.48. The summed E-state index contributed by atoms with van der Waals surface area (Å²) in [5.41, 5.74) is 7.22. The Bertz CT molecular complexity index is 1340. The maximum Gasteiger partial charge on any atom is 0.303 e. The largest absolute Gasteiger partial charge is 0.303 e. The molecule has 7 nitrogen and oxygen atoms in total. The molecule has 4 aromatic rings.